The van der Waals surface area contributed by atoms with E-state index in [2.05, 4.69) is 12.2 Å². The Bertz CT molecular complexity index is 347. The summed E-state index contributed by atoms with van der Waals surface area (Å²) in [5, 5.41) is 3.43. The maximum Gasteiger partial charge on any atom is 0.123 e. The second-order valence-corrected chi connectivity index (χ2v) is 4.65. The second-order valence-electron chi connectivity index (χ2n) is 4.65. The predicted octanol–water partition coefficient (Wildman–Crippen LogP) is 3.60. The van der Waals surface area contributed by atoms with Gasteiger partial charge in [-0.2, -0.15) is 0 Å². The van der Waals surface area contributed by atoms with Gasteiger partial charge in [0.1, 0.15) is 5.82 Å². The summed E-state index contributed by atoms with van der Waals surface area (Å²) in [6, 6.07) is 5.20. The van der Waals surface area contributed by atoms with E-state index in [-0.39, 0.29) is 18.0 Å². The molecule has 1 aromatic carbocycles. The van der Waals surface area contributed by atoms with Crippen molar-refractivity contribution in [3.05, 3.63) is 35.1 Å². The van der Waals surface area contributed by atoms with Crippen LogP contribution in [0.3, 0.4) is 0 Å². The smallest absolute Gasteiger partial charge is 0.123 e. The molecular formula is C15H24FNO. The van der Waals surface area contributed by atoms with E-state index in [0.29, 0.717) is 6.61 Å². The first-order valence-corrected chi connectivity index (χ1v) is 6.70. The van der Waals surface area contributed by atoms with Crippen LogP contribution in [-0.4, -0.2) is 19.3 Å². The third kappa shape index (κ3) is 4.39. The van der Waals surface area contributed by atoms with Crippen LogP contribution in [0.5, 0.6) is 0 Å². The van der Waals surface area contributed by atoms with Gasteiger partial charge < -0.3 is 10.1 Å². The molecule has 0 saturated heterocycles. The molecule has 18 heavy (non-hydrogen) atoms. The van der Waals surface area contributed by atoms with E-state index in [1.807, 2.05) is 26.8 Å². The fourth-order valence-corrected chi connectivity index (χ4v) is 2.16. The largest absolute Gasteiger partial charge is 0.377 e. The van der Waals surface area contributed by atoms with Gasteiger partial charge in [0.2, 0.25) is 0 Å². The minimum Gasteiger partial charge on any atom is -0.377 e. The lowest BCUT2D eigenvalue weighted by Gasteiger charge is -2.26. The fourth-order valence-electron chi connectivity index (χ4n) is 2.16. The summed E-state index contributed by atoms with van der Waals surface area (Å²) in [7, 11) is 0. The molecule has 0 aromatic heterocycles. The number of nitrogens with one attached hydrogen (secondary N) is 1. The van der Waals surface area contributed by atoms with Crippen LogP contribution >= 0.6 is 0 Å². The molecular weight excluding hydrogens is 229 g/mol. The summed E-state index contributed by atoms with van der Waals surface area (Å²) < 4.78 is 19.1. The highest BCUT2D eigenvalue weighted by Crippen LogP contribution is 2.21. The molecule has 1 aromatic rings. The lowest BCUT2D eigenvalue weighted by Crippen LogP contribution is -2.32. The van der Waals surface area contributed by atoms with Crippen molar-refractivity contribution in [2.75, 3.05) is 13.2 Å². The number of benzene rings is 1. The first kappa shape index (κ1) is 15.1. The Morgan fingerprint density at radius 1 is 1.28 bits per heavy atom. The van der Waals surface area contributed by atoms with Crippen molar-refractivity contribution in [3.63, 3.8) is 0 Å². The molecule has 1 rings (SSSR count). The molecule has 0 amide bonds. The monoisotopic (exact) mass is 253 g/mol. The number of hydrogen-bond donors (Lipinski definition) is 1. The Labute approximate surface area is 110 Å². The Morgan fingerprint density at radius 3 is 2.56 bits per heavy atom. The Balaban J connectivity index is 2.92. The van der Waals surface area contributed by atoms with Crippen LogP contribution < -0.4 is 5.32 Å². The molecule has 0 saturated carbocycles. The molecule has 2 nitrogen and oxygen atoms in total. The van der Waals surface area contributed by atoms with Crippen molar-refractivity contribution in [2.24, 2.45) is 0 Å². The zero-order valence-corrected chi connectivity index (χ0v) is 11.8. The summed E-state index contributed by atoms with van der Waals surface area (Å²) in [6.45, 7) is 9.60. The van der Waals surface area contributed by atoms with Gasteiger partial charge in [0, 0.05) is 6.61 Å². The molecule has 0 aliphatic heterocycles. The molecule has 0 aliphatic rings. The lowest BCUT2D eigenvalue weighted by molar-refractivity contribution is 0.0472. The molecule has 2 unspecified atom stereocenters. The molecule has 0 heterocycles. The minimum atomic E-state index is -0.183. The highest BCUT2D eigenvalue weighted by molar-refractivity contribution is 5.27. The minimum absolute atomic E-state index is 0.0303. The van der Waals surface area contributed by atoms with Gasteiger partial charge in [-0.15, -0.1) is 0 Å². The number of hydrogen-bond acceptors (Lipinski definition) is 2. The van der Waals surface area contributed by atoms with Crippen LogP contribution in [-0.2, 0) is 4.74 Å². The van der Waals surface area contributed by atoms with Crippen molar-refractivity contribution in [1.29, 1.82) is 0 Å². The predicted molar refractivity (Wildman–Crippen MR) is 73.3 cm³/mol. The highest BCUT2D eigenvalue weighted by atomic mass is 19.1. The van der Waals surface area contributed by atoms with Crippen LogP contribution in [0.15, 0.2) is 18.2 Å². The summed E-state index contributed by atoms with van der Waals surface area (Å²) in [5.41, 5.74) is 1.90. The quantitative estimate of drug-likeness (QED) is 0.801. The van der Waals surface area contributed by atoms with Crippen LogP contribution in [0.1, 0.15) is 44.4 Å². The summed E-state index contributed by atoms with van der Waals surface area (Å²) >= 11 is 0. The SMILES string of the molecule is CCCNC(c1cc(C)cc(F)c1)C(C)OCC. The number of rotatable bonds is 7. The van der Waals surface area contributed by atoms with E-state index in [1.165, 1.54) is 0 Å². The lowest BCUT2D eigenvalue weighted by atomic mass is 10.00. The van der Waals surface area contributed by atoms with E-state index in [4.69, 9.17) is 4.74 Å². The van der Waals surface area contributed by atoms with Gasteiger partial charge in [0.15, 0.2) is 0 Å². The summed E-state index contributed by atoms with van der Waals surface area (Å²) in [4.78, 5) is 0. The van der Waals surface area contributed by atoms with E-state index in [0.717, 1.165) is 24.1 Å². The van der Waals surface area contributed by atoms with Gasteiger partial charge in [-0.05, 0) is 57.0 Å². The molecule has 2 atom stereocenters. The van der Waals surface area contributed by atoms with Crippen LogP contribution in [0.2, 0.25) is 0 Å². The van der Waals surface area contributed by atoms with Crippen molar-refractivity contribution < 1.29 is 9.13 Å². The molecule has 1 N–H and O–H groups in total. The third-order valence-electron chi connectivity index (χ3n) is 2.94. The standard InChI is InChI=1S/C15H24FNO/c1-5-7-17-15(12(4)18-6-2)13-8-11(3)9-14(16)10-13/h8-10,12,15,17H,5-7H2,1-4H3. The molecule has 0 radical (unpaired) electrons. The second kappa shape index (κ2) is 7.49. The average molecular weight is 253 g/mol. The zero-order valence-electron chi connectivity index (χ0n) is 11.8. The molecule has 0 fully saturated rings. The first-order valence-electron chi connectivity index (χ1n) is 6.70. The van der Waals surface area contributed by atoms with Crippen molar-refractivity contribution in [3.8, 4) is 0 Å². The van der Waals surface area contributed by atoms with Gasteiger partial charge in [-0.3, -0.25) is 0 Å². The van der Waals surface area contributed by atoms with Gasteiger partial charge in [0.05, 0.1) is 12.1 Å². The Hall–Kier alpha value is -0.930. The first-order chi connectivity index (χ1) is 8.58. The number of ether oxygens (including phenoxy) is 1. The van der Waals surface area contributed by atoms with Crippen molar-refractivity contribution in [2.45, 2.75) is 46.3 Å². The summed E-state index contributed by atoms with van der Waals surface area (Å²) in [6.07, 6.45) is 1.08. The Kier molecular flexibility index (Phi) is 6.30. The van der Waals surface area contributed by atoms with Gasteiger partial charge >= 0.3 is 0 Å². The average Bonchev–Trinajstić information content (AvgIpc) is 2.28. The van der Waals surface area contributed by atoms with Crippen LogP contribution in [0.25, 0.3) is 0 Å². The van der Waals surface area contributed by atoms with Crippen molar-refractivity contribution >= 4 is 0 Å². The zero-order chi connectivity index (χ0) is 13.5. The highest BCUT2D eigenvalue weighted by Gasteiger charge is 2.19. The fraction of sp³-hybridized carbons (Fsp3) is 0.600. The van der Waals surface area contributed by atoms with E-state index in [1.54, 1.807) is 12.1 Å². The summed E-state index contributed by atoms with van der Waals surface area (Å²) in [5.74, 6) is -0.183. The molecule has 0 bridgehead atoms. The molecule has 3 heteroatoms. The number of aryl methyl sites for hydroxylation is 1. The maximum atomic E-state index is 13.5. The van der Waals surface area contributed by atoms with Gasteiger partial charge in [-0.1, -0.05) is 13.0 Å². The normalized spacial score (nSPS) is 14.5. The van der Waals surface area contributed by atoms with Gasteiger partial charge in [0.25, 0.3) is 0 Å². The van der Waals surface area contributed by atoms with E-state index in [9.17, 15) is 4.39 Å². The van der Waals surface area contributed by atoms with E-state index >= 15 is 0 Å². The molecule has 0 aliphatic carbocycles. The maximum absolute atomic E-state index is 13.5. The molecule has 0 spiro atoms. The van der Waals surface area contributed by atoms with Crippen LogP contribution in [0.4, 0.5) is 4.39 Å². The third-order valence-corrected chi connectivity index (χ3v) is 2.94. The molecule has 102 valence electrons. The number of halogens is 1. The van der Waals surface area contributed by atoms with Crippen molar-refractivity contribution in [1.82, 2.24) is 5.32 Å². The topological polar surface area (TPSA) is 21.3 Å². The van der Waals surface area contributed by atoms with Crippen LogP contribution in [0, 0.1) is 12.7 Å². The Morgan fingerprint density at radius 2 is 2.00 bits per heavy atom. The van der Waals surface area contributed by atoms with E-state index < -0.39 is 0 Å². The van der Waals surface area contributed by atoms with Gasteiger partial charge in [-0.25, -0.2) is 4.39 Å².